The van der Waals surface area contributed by atoms with Crippen LogP contribution in [-0.4, -0.2) is 57.8 Å². The molecule has 0 bridgehead atoms. The molecule has 6 heteroatoms. The van der Waals surface area contributed by atoms with Gasteiger partial charge in [-0.05, 0) is 31.5 Å². The molecule has 128 valence electrons. The molecule has 0 aromatic heterocycles. The summed E-state index contributed by atoms with van der Waals surface area (Å²) in [5, 5.41) is 6.63. The van der Waals surface area contributed by atoms with Gasteiger partial charge in [-0.1, -0.05) is 6.92 Å². The fourth-order valence-corrected chi connectivity index (χ4v) is 2.59. The molecule has 0 heterocycles. The molecule has 0 saturated heterocycles. The van der Waals surface area contributed by atoms with Gasteiger partial charge in [-0.2, -0.15) is 0 Å². The molecule has 0 atom stereocenters. The van der Waals surface area contributed by atoms with E-state index in [-0.39, 0.29) is 0 Å². The molecular weight excluding hydrogens is 292 g/mol. The van der Waals surface area contributed by atoms with Crippen LogP contribution in [0.15, 0.2) is 23.2 Å². The van der Waals surface area contributed by atoms with Crippen LogP contribution in [0, 0.1) is 0 Å². The highest BCUT2D eigenvalue weighted by molar-refractivity contribution is 5.93. The van der Waals surface area contributed by atoms with Crippen LogP contribution in [0.3, 0.4) is 0 Å². The van der Waals surface area contributed by atoms with Crippen LogP contribution in [0.1, 0.15) is 19.8 Å². The van der Waals surface area contributed by atoms with Crippen LogP contribution in [-0.2, 0) is 0 Å². The highest BCUT2D eigenvalue weighted by Gasteiger charge is 2.27. The van der Waals surface area contributed by atoms with E-state index in [9.17, 15) is 0 Å². The van der Waals surface area contributed by atoms with E-state index in [0.29, 0.717) is 11.5 Å². The Hall–Kier alpha value is -1.95. The molecule has 2 N–H and O–H groups in total. The summed E-state index contributed by atoms with van der Waals surface area (Å²) >= 11 is 0. The molecule has 1 aromatic carbocycles. The maximum absolute atomic E-state index is 5.32. The van der Waals surface area contributed by atoms with Crippen LogP contribution < -0.4 is 20.1 Å². The Morgan fingerprint density at radius 3 is 2.57 bits per heavy atom. The molecular formula is C17H28N4O2. The third-order valence-electron chi connectivity index (χ3n) is 4.03. The van der Waals surface area contributed by atoms with Gasteiger partial charge in [-0.3, -0.25) is 9.89 Å². The van der Waals surface area contributed by atoms with Crippen molar-refractivity contribution in [2.24, 2.45) is 4.99 Å². The Morgan fingerprint density at radius 1 is 1.26 bits per heavy atom. The molecule has 0 aliphatic heterocycles. The second-order valence-electron chi connectivity index (χ2n) is 5.55. The van der Waals surface area contributed by atoms with Gasteiger partial charge in [0.2, 0.25) is 0 Å². The highest BCUT2D eigenvalue weighted by atomic mass is 16.5. The normalized spacial score (nSPS) is 14.7. The predicted octanol–water partition coefficient (Wildman–Crippen LogP) is 2.18. The molecule has 23 heavy (non-hydrogen) atoms. The Labute approximate surface area is 138 Å². The van der Waals surface area contributed by atoms with Crippen molar-refractivity contribution in [3.05, 3.63) is 18.2 Å². The monoisotopic (exact) mass is 320 g/mol. The number of likely N-dealkylation sites (N-methyl/N-ethyl adjacent to an activating group) is 1. The highest BCUT2D eigenvalue weighted by Crippen LogP contribution is 2.29. The quantitative estimate of drug-likeness (QED) is 0.568. The zero-order chi connectivity index (χ0) is 16.7. The van der Waals surface area contributed by atoms with E-state index in [0.717, 1.165) is 37.3 Å². The average Bonchev–Trinajstić information content (AvgIpc) is 3.42. The van der Waals surface area contributed by atoms with Crippen molar-refractivity contribution < 1.29 is 9.47 Å². The lowest BCUT2D eigenvalue weighted by Crippen LogP contribution is -2.38. The summed E-state index contributed by atoms with van der Waals surface area (Å²) < 4.78 is 10.6. The number of rotatable bonds is 8. The standard InChI is InChI=1S/C17H28N4O2/c1-5-21(14-7-8-14)11-10-19-17(18-2)20-13-6-9-15(22-3)16(12-13)23-4/h6,9,12,14H,5,7-8,10-11H2,1-4H3,(H2,18,19,20). The van der Waals surface area contributed by atoms with E-state index in [1.807, 2.05) is 18.2 Å². The number of ether oxygens (including phenoxy) is 2. The molecule has 1 saturated carbocycles. The summed E-state index contributed by atoms with van der Waals surface area (Å²) in [5.41, 5.74) is 0.908. The lowest BCUT2D eigenvalue weighted by molar-refractivity contribution is 0.282. The van der Waals surface area contributed by atoms with Gasteiger partial charge in [0.1, 0.15) is 0 Å². The van der Waals surface area contributed by atoms with Gasteiger partial charge < -0.3 is 20.1 Å². The molecule has 6 nitrogen and oxygen atoms in total. The first kappa shape index (κ1) is 17.4. The lowest BCUT2D eigenvalue weighted by atomic mass is 10.3. The summed E-state index contributed by atoms with van der Waals surface area (Å²) in [7, 11) is 5.03. The van der Waals surface area contributed by atoms with Crippen molar-refractivity contribution in [1.82, 2.24) is 10.2 Å². The zero-order valence-electron chi connectivity index (χ0n) is 14.6. The Kier molecular flexibility index (Phi) is 6.52. The third kappa shape index (κ3) is 5.03. The van der Waals surface area contributed by atoms with E-state index in [1.54, 1.807) is 21.3 Å². The van der Waals surface area contributed by atoms with E-state index in [1.165, 1.54) is 12.8 Å². The van der Waals surface area contributed by atoms with Crippen molar-refractivity contribution in [1.29, 1.82) is 0 Å². The molecule has 0 spiro atoms. The summed E-state index contributed by atoms with van der Waals surface area (Å²) in [6.07, 6.45) is 2.68. The van der Waals surface area contributed by atoms with E-state index in [2.05, 4.69) is 27.4 Å². The first-order chi connectivity index (χ1) is 11.2. The van der Waals surface area contributed by atoms with Crippen molar-refractivity contribution >= 4 is 11.6 Å². The van der Waals surface area contributed by atoms with Crippen LogP contribution in [0.2, 0.25) is 0 Å². The number of nitrogens with zero attached hydrogens (tertiary/aromatic N) is 2. The smallest absolute Gasteiger partial charge is 0.195 e. The van der Waals surface area contributed by atoms with Gasteiger partial charge in [0.25, 0.3) is 0 Å². The Balaban J connectivity index is 1.86. The number of anilines is 1. The SMILES string of the molecule is CCN(CCNC(=NC)Nc1ccc(OC)c(OC)c1)C1CC1. The predicted molar refractivity (Wildman–Crippen MR) is 94.8 cm³/mol. The minimum Gasteiger partial charge on any atom is -0.493 e. The molecule has 1 aliphatic carbocycles. The topological polar surface area (TPSA) is 58.1 Å². The van der Waals surface area contributed by atoms with E-state index in [4.69, 9.17) is 9.47 Å². The summed E-state index contributed by atoms with van der Waals surface area (Å²) in [5.74, 6) is 2.16. The van der Waals surface area contributed by atoms with E-state index >= 15 is 0 Å². The largest absolute Gasteiger partial charge is 0.493 e. The number of benzene rings is 1. The average molecular weight is 320 g/mol. The Bertz CT molecular complexity index is 529. The first-order valence-corrected chi connectivity index (χ1v) is 8.15. The van der Waals surface area contributed by atoms with Crippen molar-refractivity contribution in [2.75, 3.05) is 46.2 Å². The summed E-state index contributed by atoms with van der Waals surface area (Å²) in [6.45, 7) is 5.23. The second-order valence-corrected chi connectivity index (χ2v) is 5.55. The summed E-state index contributed by atoms with van der Waals surface area (Å²) in [6, 6.07) is 6.51. The molecule has 1 aliphatic rings. The molecule has 1 fully saturated rings. The fourth-order valence-electron chi connectivity index (χ4n) is 2.59. The molecule has 0 radical (unpaired) electrons. The minimum atomic E-state index is 0.693. The molecule has 0 amide bonds. The van der Waals surface area contributed by atoms with Gasteiger partial charge in [0.15, 0.2) is 17.5 Å². The number of hydrogen-bond donors (Lipinski definition) is 2. The number of hydrogen-bond acceptors (Lipinski definition) is 4. The maximum Gasteiger partial charge on any atom is 0.195 e. The van der Waals surface area contributed by atoms with Crippen LogP contribution in [0.4, 0.5) is 5.69 Å². The van der Waals surface area contributed by atoms with Gasteiger partial charge in [-0.15, -0.1) is 0 Å². The summed E-state index contributed by atoms with van der Waals surface area (Å²) in [4.78, 5) is 6.78. The zero-order valence-corrected chi connectivity index (χ0v) is 14.6. The van der Waals surface area contributed by atoms with Gasteiger partial charge in [0.05, 0.1) is 14.2 Å². The van der Waals surface area contributed by atoms with Crippen LogP contribution in [0.25, 0.3) is 0 Å². The van der Waals surface area contributed by atoms with Gasteiger partial charge >= 0.3 is 0 Å². The lowest BCUT2D eigenvalue weighted by Gasteiger charge is -2.21. The Morgan fingerprint density at radius 2 is 2.00 bits per heavy atom. The number of methoxy groups -OCH3 is 2. The second kappa shape index (κ2) is 8.62. The van der Waals surface area contributed by atoms with Crippen molar-refractivity contribution in [3.63, 3.8) is 0 Å². The first-order valence-electron chi connectivity index (χ1n) is 8.15. The molecule has 2 rings (SSSR count). The van der Waals surface area contributed by atoms with Crippen LogP contribution >= 0.6 is 0 Å². The number of guanidine groups is 1. The van der Waals surface area contributed by atoms with Crippen LogP contribution in [0.5, 0.6) is 11.5 Å². The fraction of sp³-hybridized carbons (Fsp3) is 0.588. The minimum absolute atomic E-state index is 0.693. The van der Waals surface area contributed by atoms with Crippen molar-refractivity contribution in [2.45, 2.75) is 25.8 Å². The third-order valence-corrected chi connectivity index (χ3v) is 4.03. The van der Waals surface area contributed by atoms with Gasteiger partial charge in [-0.25, -0.2) is 0 Å². The van der Waals surface area contributed by atoms with E-state index < -0.39 is 0 Å². The molecule has 1 aromatic rings. The van der Waals surface area contributed by atoms with Gasteiger partial charge in [0, 0.05) is 37.9 Å². The number of aliphatic imine (C=N–C) groups is 1. The van der Waals surface area contributed by atoms with Crippen molar-refractivity contribution in [3.8, 4) is 11.5 Å². The maximum atomic E-state index is 5.32. The molecule has 0 unspecified atom stereocenters. The number of nitrogens with one attached hydrogen (secondary N) is 2.